The smallest absolute Gasteiger partial charge is 0.407 e. The van der Waals surface area contributed by atoms with Crippen molar-refractivity contribution in [3.8, 4) is 5.75 Å². The molecule has 9 heteroatoms. The number of ether oxygens (including phenoxy) is 1. The summed E-state index contributed by atoms with van der Waals surface area (Å²) >= 11 is 0. The summed E-state index contributed by atoms with van der Waals surface area (Å²) < 4.78 is 5.37. The number of carboxylic acid groups (broad SMARTS) is 1. The molecule has 1 aromatic rings. The maximum atomic E-state index is 13.4. The number of rotatable bonds is 7. The van der Waals surface area contributed by atoms with E-state index in [1.807, 2.05) is 13.8 Å². The largest absolute Gasteiger partial charge is 0.483 e. The van der Waals surface area contributed by atoms with Crippen molar-refractivity contribution in [3.63, 3.8) is 0 Å². The maximum absolute atomic E-state index is 13.4. The first kappa shape index (κ1) is 22.2. The van der Waals surface area contributed by atoms with Gasteiger partial charge in [0.15, 0.2) is 5.75 Å². The molecule has 1 atom stereocenters. The number of piperidine rings is 1. The zero-order valence-corrected chi connectivity index (χ0v) is 17.0. The van der Waals surface area contributed by atoms with Gasteiger partial charge in [0.1, 0.15) is 6.61 Å². The van der Waals surface area contributed by atoms with E-state index >= 15 is 0 Å². The minimum atomic E-state index is -1.01. The molecule has 0 aliphatic carbocycles. The summed E-state index contributed by atoms with van der Waals surface area (Å²) in [6, 6.07) is 2.24. The van der Waals surface area contributed by atoms with Crippen molar-refractivity contribution >= 4 is 17.7 Å². The van der Waals surface area contributed by atoms with Crippen molar-refractivity contribution in [2.24, 2.45) is 0 Å². The van der Waals surface area contributed by atoms with Crippen molar-refractivity contribution in [2.45, 2.75) is 45.7 Å². The Kier molecular flexibility index (Phi) is 7.19. The lowest BCUT2D eigenvalue weighted by Crippen LogP contribution is -2.53. The first-order chi connectivity index (χ1) is 13.7. The van der Waals surface area contributed by atoms with Gasteiger partial charge in [-0.15, -0.1) is 0 Å². The highest BCUT2D eigenvalue weighted by atomic mass is 16.6. The number of nitro groups is 1. The Morgan fingerprint density at radius 3 is 2.72 bits per heavy atom. The third-order valence-electron chi connectivity index (χ3n) is 4.94. The summed E-state index contributed by atoms with van der Waals surface area (Å²) in [7, 11) is 0. The molecule has 1 aromatic carbocycles. The standard InChI is InChI=1S/C20H27N3O6/c1-5-9-29-18-10-14(4)16(11-17(18)23(27)28)19(24)22(13(2)3)15-7-6-8-21(12-15)20(25)26/h5,10-11,13,15H,1,6-9,12H2,2-4H3,(H,25,26)/t15-/m1/s1. The van der Waals surface area contributed by atoms with E-state index in [1.165, 1.54) is 23.1 Å². The molecule has 9 nitrogen and oxygen atoms in total. The van der Waals surface area contributed by atoms with Gasteiger partial charge in [-0.2, -0.15) is 0 Å². The molecular formula is C20H27N3O6. The Labute approximate surface area is 169 Å². The molecule has 0 bridgehead atoms. The molecular weight excluding hydrogens is 378 g/mol. The monoisotopic (exact) mass is 405 g/mol. The second kappa shape index (κ2) is 9.40. The summed E-state index contributed by atoms with van der Waals surface area (Å²) in [5, 5.41) is 20.8. The van der Waals surface area contributed by atoms with E-state index in [2.05, 4.69) is 6.58 Å². The van der Waals surface area contributed by atoms with Gasteiger partial charge in [0, 0.05) is 30.8 Å². The molecule has 1 saturated heterocycles. The molecule has 1 N–H and O–H groups in total. The van der Waals surface area contributed by atoms with Crippen molar-refractivity contribution in [1.82, 2.24) is 9.80 Å². The van der Waals surface area contributed by atoms with E-state index in [1.54, 1.807) is 11.8 Å². The zero-order valence-electron chi connectivity index (χ0n) is 17.0. The van der Waals surface area contributed by atoms with Crippen LogP contribution < -0.4 is 4.74 Å². The van der Waals surface area contributed by atoms with Crippen LogP contribution in [0.2, 0.25) is 0 Å². The second-order valence-electron chi connectivity index (χ2n) is 7.32. The third-order valence-corrected chi connectivity index (χ3v) is 4.94. The highest BCUT2D eigenvalue weighted by Gasteiger charge is 2.34. The number of nitro benzene ring substituents is 1. The Balaban J connectivity index is 2.41. The predicted molar refractivity (Wildman–Crippen MR) is 107 cm³/mol. The zero-order chi connectivity index (χ0) is 21.7. The molecule has 1 heterocycles. The van der Waals surface area contributed by atoms with Gasteiger partial charge < -0.3 is 19.6 Å². The fourth-order valence-corrected chi connectivity index (χ4v) is 3.62. The number of nitrogens with zero attached hydrogens (tertiary/aromatic N) is 3. The molecule has 2 amide bonds. The summed E-state index contributed by atoms with van der Waals surface area (Å²) in [6.45, 7) is 9.69. The normalized spacial score (nSPS) is 16.4. The lowest BCUT2D eigenvalue weighted by Gasteiger charge is -2.40. The van der Waals surface area contributed by atoms with Crippen molar-refractivity contribution in [1.29, 1.82) is 0 Å². The van der Waals surface area contributed by atoms with Gasteiger partial charge in [0.25, 0.3) is 5.91 Å². The van der Waals surface area contributed by atoms with Crippen molar-refractivity contribution in [2.75, 3.05) is 19.7 Å². The van der Waals surface area contributed by atoms with Gasteiger partial charge >= 0.3 is 11.8 Å². The number of benzene rings is 1. The van der Waals surface area contributed by atoms with E-state index in [-0.39, 0.29) is 48.1 Å². The molecule has 29 heavy (non-hydrogen) atoms. The van der Waals surface area contributed by atoms with E-state index in [0.29, 0.717) is 24.9 Å². The lowest BCUT2D eigenvalue weighted by molar-refractivity contribution is -0.385. The van der Waals surface area contributed by atoms with Crippen LogP contribution in [0.3, 0.4) is 0 Å². The van der Waals surface area contributed by atoms with Crippen LogP contribution in [0.5, 0.6) is 5.75 Å². The Morgan fingerprint density at radius 1 is 1.48 bits per heavy atom. The Morgan fingerprint density at radius 2 is 2.17 bits per heavy atom. The molecule has 0 saturated carbocycles. The van der Waals surface area contributed by atoms with Crippen LogP contribution >= 0.6 is 0 Å². The summed E-state index contributed by atoms with van der Waals surface area (Å²) in [5.41, 5.74) is 0.473. The maximum Gasteiger partial charge on any atom is 0.407 e. The number of likely N-dealkylation sites (tertiary alicyclic amines) is 1. The Hall–Kier alpha value is -3.10. The number of carbonyl (C=O) groups excluding carboxylic acids is 1. The molecule has 0 aromatic heterocycles. The topological polar surface area (TPSA) is 113 Å². The molecule has 158 valence electrons. The summed E-state index contributed by atoms with van der Waals surface area (Å²) in [6.07, 6.45) is 1.80. The lowest BCUT2D eigenvalue weighted by atomic mass is 9.99. The second-order valence-corrected chi connectivity index (χ2v) is 7.32. The van der Waals surface area contributed by atoms with Gasteiger partial charge in [0.05, 0.1) is 11.0 Å². The number of hydrogen-bond acceptors (Lipinski definition) is 5. The number of aryl methyl sites for hydroxylation is 1. The molecule has 1 fully saturated rings. The molecule has 0 radical (unpaired) electrons. The quantitative estimate of drug-likeness (QED) is 0.422. The van der Waals surface area contributed by atoms with Crippen LogP contribution in [0.4, 0.5) is 10.5 Å². The summed E-state index contributed by atoms with van der Waals surface area (Å²) in [5.74, 6) is -0.275. The SMILES string of the molecule is C=CCOc1cc(C)c(C(=O)N(C(C)C)[C@@H]2CCCN(C(=O)O)C2)cc1[N+](=O)[O-]. The molecule has 2 rings (SSSR count). The number of amides is 2. The van der Waals surface area contributed by atoms with E-state index in [4.69, 9.17) is 4.74 Å². The van der Waals surface area contributed by atoms with Crippen molar-refractivity contribution in [3.05, 3.63) is 46.0 Å². The first-order valence-corrected chi connectivity index (χ1v) is 9.50. The average Bonchev–Trinajstić information content (AvgIpc) is 2.66. The van der Waals surface area contributed by atoms with E-state index in [9.17, 15) is 24.8 Å². The van der Waals surface area contributed by atoms with Crippen molar-refractivity contribution < 1.29 is 24.4 Å². The predicted octanol–water partition coefficient (Wildman–Crippen LogP) is 3.46. The molecule has 0 spiro atoms. The van der Waals surface area contributed by atoms with Gasteiger partial charge in [-0.05, 0) is 45.2 Å². The highest BCUT2D eigenvalue weighted by Crippen LogP contribution is 2.32. The van der Waals surface area contributed by atoms with Gasteiger partial charge in [-0.3, -0.25) is 14.9 Å². The van der Waals surface area contributed by atoms with Crippen LogP contribution in [-0.4, -0.2) is 63.6 Å². The fraction of sp³-hybridized carbons (Fsp3) is 0.500. The van der Waals surface area contributed by atoms with Crippen LogP contribution in [0, 0.1) is 17.0 Å². The van der Waals surface area contributed by atoms with E-state index < -0.39 is 11.0 Å². The molecule has 1 aliphatic heterocycles. The molecule has 0 unspecified atom stereocenters. The average molecular weight is 405 g/mol. The Bertz CT molecular complexity index is 808. The summed E-state index contributed by atoms with van der Waals surface area (Å²) in [4.78, 5) is 38.6. The van der Waals surface area contributed by atoms with Crippen LogP contribution in [0.15, 0.2) is 24.8 Å². The fourth-order valence-electron chi connectivity index (χ4n) is 3.62. The molecule has 1 aliphatic rings. The van der Waals surface area contributed by atoms with Gasteiger partial charge in [-0.1, -0.05) is 12.7 Å². The van der Waals surface area contributed by atoms with Crippen LogP contribution in [0.25, 0.3) is 0 Å². The highest BCUT2D eigenvalue weighted by molar-refractivity contribution is 5.97. The third kappa shape index (κ3) is 5.04. The minimum absolute atomic E-state index is 0.0785. The minimum Gasteiger partial charge on any atom is -0.483 e. The van der Waals surface area contributed by atoms with Crippen LogP contribution in [-0.2, 0) is 0 Å². The first-order valence-electron chi connectivity index (χ1n) is 9.50. The van der Waals surface area contributed by atoms with Gasteiger partial charge in [0.2, 0.25) is 0 Å². The number of hydrogen-bond donors (Lipinski definition) is 1. The van der Waals surface area contributed by atoms with E-state index in [0.717, 1.165) is 0 Å². The van der Waals surface area contributed by atoms with Crippen LogP contribution in [0.1, 0.15) is 42.6 Å². The number of carbonyl (C=O) groups is 2. The van der Waals surface area contributed by atoms with Gasteiger partial charge in [-0.25, -0.2) is 4.79 Å².